The molecule has 1 aromatic carbocycles. The molecule has 1 aliphatic heterocycles. The molecule has 4 unspecified atom stereocenters. The summed E-state index contributed by atoms with van der Waals surface area (Å²) in [5.74, 6) is -2.29. The van der Waals surface area contributed by atoms with Crippen LogP contribution in [-0.4, -0.2) is 34.3 Å². The molecule has 0 radical (unpaired) electrons. The number of nitrogens with two attached hydrogens (primary N) is 2. The van der Waals surface area contributed by atoms with Crippen LogP contribution in [0, 0.1) is 29.4 Å². The van der Waals surface area contributed by atoms with Crippen molar-refractivity contribution < 1.29 is 18.7 Å². The molecule has 158 valence electrons. The molecule has 3 aliphatic carbocycles. The number of anilines is 2. The Balaban J connectivity index is 1.57. The van der Waals surface area contributed by atoms with Crippen molar-refractivity contribution in [3.8, 4) is 0 Å². The van der Waals surface area contributed by atoms with Crippen LogP contribution in [0.2, 0.25) is 0 Å². The molecule has 4 aliphatic rings. The Morgan fingerprint density at radius 3 is 2.60 bits per heavy atom. The van der Waals surface area contributed by atoms with E-state index in [4.69, 9.17) is 11.5 Å². The molecule has 6 rings (SSSR count). The van der Waals surface area contributed by atoms with Crippen molar-refractivity contribution in [1.29, 1.82) is 0 Å². The first-order valence-corrected chi connectivity index (χ1v) is 10.3. The van der Waals surface area contributed by atoms with Crippen molar-refractivity contribution >= 4 is 28.2 Å². The van der Waals surface area contributed by atoms with E-state index in [9.17, 15) is 14.7 Å². The molecule has 2 heterocycles. The third-order valence-corrected chi connectivity index (χ3v) is 7.77. The molecule has 0 bridgehead atoms. The second-order valence-electron chi connectivity index (χ2n) is 9.45. The number of nitrogens with zero attached hydrogens (tertiary/aromatic N) is 2. The Kier molecular flexibility index (Phi) is 3.33. The summed E-state index contributed by atoms with van der Waals surface area (Å²) >= 11 is 0. The van der Waals surface area contributed by atoms with Crippen LogP contribution in [0.15, 0.2) is 11.0 Å². The molecule has 2 aromatic rings. The highest BCUT2D eigenvalue weighted by Crippen LogP contribution is 2.62. The minimum Gasteiger partial charge on any atom is -0.477 e. The number of rotatable bonds is 3. The highest BCUT2D eigenvalue weighted by molar-refractivity contribution is 5.99. The number of benzene rings is 1. The van der Waals surface area contributed by atoms with Crippen LogP contribution in [0.1, 0.15) is 42.1 Å². The van der Waals surface area contributed by atoms with Gasteiger partial charge in [-0.1, -0.05) is 0 Å². The van der Waals surface area contributed by atoms with E-state index >= 15 is 8.78 Å². The molecule has 0 amide bonds. The fraction of sp³-hybridized carbons (Fsp3) is 0.524. The number of hydrogen-bond donors (Lipinski definition) is 3. The standard InChI is InChI=1S/C21H22F2N4O3/c22-14-16(24)13-17(27(10-1-2-10)6-11(19(13)28)20(29)30)15(23)18(14)26-5-8-3-9-4-21(9,25)12(8)7-26/h6,8-10,12H,1-5,7,24-25H2,(H,29,30). The summed E-state index contributed by atoms with van der Waals surface area (Å²) < 4.78 is 32.6. The van der Waals surface area contributed by atoms with E-state index in [-0.39, 0.29) is 28.7 Å². The van der Waals surface area contributed by atoms with Crippen molar-refractivity contribution in [2.24, 2.45) is 23.5 Å². The molecule has 0 spiro atoms. The zero-order chi connectivity index (χ0) is 21.1. The Morgan fingerprint density at radius 2 is 1.97 bits per heavy atom. The maximum absolute atomic E-state index is 15.8. The Hall–Kier alpha value is -2.68. The van der Waals surface area contributed by atoms with Crippen LogP contribution in [-0.2, 0) is 0 Å². The number of carbonyl (C=O) groups is 1. The first kappa shape index (κ1) is 18.1. The average Bonchev–Trinajstić information content (AvgIpc) is 3.57. The van der Waals surface area contributed by atoms with Gasteiger partial charge in [-0.15, -0.1) is 0 Å². The van der Waals surface area contributed by atoms with Crippen LogP contribution in [0.4, 0.5) is 20.2 Å². The van der Waals surface area contributed by atoms with Crippen LogP contribution >= 0.6 is 0 Å². The van der Waals surface area contributed by atoms with Gasteiger partial charge in [-0.2, -0.15) is 0 Å². The summed E-state index contributed by atoms with van der Waals surface area (Å²) in [5.41, 5.74) is 9.92. The Bertz CT molecular complexity index is 1210. The summed E-state index contributed by atoms with van der Waals surface area (Å²) in [4.78, 5) is 25.9. The lowest BCUT2D eigenvalue weighted by Crippen LogP contribution is -2.35. The normalized spacial score (nSPS) is 31.8. The molecule has 30 heavy (non-hydrogen) atoms. The molecular formula is C21H22F2N4O3. The van der Waals surface area contributed by atoms with E-state index < -0.39 is 39.7 Å². The van der Waals surface area contributed by atoms with Crippen LogP contribution in [0.25, 0.3) is 10.9 Å². The first-order valence-electron chi connectivity index (χ1n) is 10.3. The molecular weight excluding hydrogens is 394 g/mol. The number of hydrogen-bond acceptors (Lipinski definition) is 5. The van der Waals surface area contributed by atoms with E-state index in [0.29, 0.717) is 24.9 Å². The smallest absolute Gasteiger partial charge is 0.341 e. The van der Waals surface area contributed by atoms with Crippen molar-refractivity contribution in [3.63, 3.8) is 0 Å². The van der Waals surface area contributed by atoms with Gasteiger partial charge in [0.15, 0.2) is 11.6 Å². The third-order valence-electron chi connectivity index (χ3n) is 7.77. The maximum atomic E-state index is 15.8. The van der Waals surface area contributed by atoms with E-state index in [1.807, 2.05) is 0 Å². The topological polar surface area (TPSA) is 115 Å². The van der Waals surface area contributed by atoms with Gasteiger partial charge in [0.05, 0.1) is 16.6 Å². The highest BCUT2D eigenvalue weighted by atomic mass is 19.1. The van der Waals surface area contributed by atoms with E-state index in [1.165, 1.54) is 4.57 Å². The van der Waals surface area contributed by atoms with Crippen molar-refractivity contribution in [2.75, 3.05) is 23.7 Å². The van der Waals surface area contributed by atoms with Crippen molar-refractivity contribution in [1.82, 2.24) is 4.57 Å². The predicted octanol–water partition coefficient (Wildman–Crippen LogP) is 2.07. The van der Waals surface area contributed by atoms with Gasteiger partial charge in [-0.25, -0.2) is 13.6 Å². The van der Waals surface area contributed by atoms with E-state index in [1.54, 1.807) is 4.90 Å². The lowest BCUT2D eigenvalue weighted by molar-refractivity contribution is 0.0695. The van der Waals surface area contributed by atoms with Gasteiger partial charge in [-0.3, -0.25) is 4.79 Å². The fourth-order valence-electron chi connectivity index (χ4n) is 6.01. The molecule has 4 atom stereocenters. The first-order chi connectivity index (χ1) is 14.2. The lowest BCUT2D eigenvalue weighted by atomic mass is 9.92. The van der Waals surface area contributed by atoms with Gasteiger partial charge in [0.2, 0.25) is 5.43 Å². The van der Waals surface area contributed by atoms with Gasteiger partial charge in [-0.05, 0) is 43.4 Å². The molecule has 4 fully saturated rings. The quantitative estimate of drug-likeness (QED) is 0.660. The molecule has 7 nitrogen and oxygen atoms in total. The Morgan fingerprint density at radius 1 is 1.23 bits per heavy atom. The second-order valence-corrected chi connectivity index (χ2v) is 9.45. The number of aromatic nitrogens is 1. The van der Waals surface area contributed by atoms with Gasteiger partial charge < -0.3 is 26.0 Å². The van der Waals surface area contributed by atoms with Crippen LogP contribution in [0.5, 0.6) is 0 Å². The molecule has 1 saturated heterocycles. The maximum Gasteiger partial charge on any atom is 0.341 e. The average molecular weight is 416 g/mol. The second kappa shape index (κ2) is 5.51. The number of nitrogen functional groups attached to an aromatic ring is 1. The summed E-state index contributed by atoms with van der Waals surface area (Å²) in [6, 6.07) is -0.129. The zero-order valence-electron chi connectivity index (χ0n) is 16.2. The molecule has 5 N–H and O–H groups in total. The summed E-state index contributed by atoms with van der Waals surface area (Å²) in [6.07, 6.45) is 4.56. The number of fused-ring (bicyclic) bond motifs is 4. The predicted molar refractivity (Wildman–Crippen MR) is 107 cm³/mol. The van der Waals surface area contributed by atoms with Gasteiger partial charge in [0.1, 0.15) is 11.3 Å². The van der Waals surface area contributed by atoms with Crippen molar-refractivity contribution in [3.05, 3.63) is 33.6 Å². The summed E-state index contributed by atoms with van der Waals surface area (Å²) in [5, 5.41) is 9.00. The monoisotopic (exact) mass is 416 g/mol. The van der Waals surface area contributed by atoms with Crippen LogP contribution in [0.3, 0.4) is 0 Å². The highest BCUT2D eigenvalue weighted by Gasteiger charge is 2.66. The number of carboxylic acids is 1. The Labute approximate surface area is 170 Å². The summed E-state index contributed by atoms with van der Waals surface area (Å²) in [6.45, 7) is 0.955. The van der Waals surface area contributed by atoms with Gasteiger partial charge >= 0.3 is 5.97 Å². The largest absolute Gasteiger partial charge is 0.477 e. The number of carboxylic acid groups (broad SMARTS) is 1. The number of halogens is 2. The minimum atomic E-state index is -1.44. The van der Waals surface area contributed by atoms with Crippen molar-refractivity contribution in [2.45, 2.75) is 37.3 Å². The summed E-state index contributed by atoms with van der Waals surface area (Å²) in [7, 11) is 0. The lowest BCUT2D eigenvalue weighted by Gasteiger charge is -2.25. The molecule has 1 aromatic heterocycles. The number of aromatic carboxylic acids is 1. The van der Waals surface area contributed by atoms with E-state index in [0.717, 1.165) is 31.9 Å². The SMILES string of the molecule is Nc1c(F)c(N2CC3CC4CC4(N)C3C2)c(F)c2c1c(=O)c(C(=O)O)cn2C1CC1. The fourth-order valence-corrected chi connectivity index (χ4v) is 6.01. The van der Waals surface area contributed by atoms with E-state index in [2.05, 4.69) is 0 Å². The number of pyridine rings is 1. The third kappa shape index (κ3) is 2.16. The molecule has 3 saturated carbocycles. The minimum absolute atomic E-state index is 0.106. The molecule has 9 heteroatoms. The van der Waals surface area contributed by atoms with Gasteiger partial charge in [0, 0.05) is 30.9 Å². The van der Waals surface area contributed by atoms with Crippen LogP contribution < -0.4 is 21.8 Å². The zero-order valence-corrected chi connectivity index (χ0v) is 16.2. The van der Waals surface area contributed by atoms with Gasteiger partial charge in [0.25, 0.3) is 0 Å².